The van der Waals surface area contributed by atoms with Gasteiger partial charge in [0.15, 0.2) is 5.69 Å². The van der Waals surface area contributed by atoms with Crippen LogP contribution in [-0.2, 0) is 27.9 Å². The van der Waals surface area contributed by atoms with Crippen molar-refractivity contribution >= 4 is 18.0 Å². The zero-order valence-electron chi connectivity index (χ0n) is 23.7. The molecule has 1 aromatic heterocycles. The van der Waals surface area contributed by atoms with E-state index in [1.165, 1.54) is 24.1 Å². The van der Waals surface area contributed by atoms with Crippen molar-refractivity contribution in [1.29, 1.82) is 0 Å². The van der Waals surface area contributed by atoms with Gasteiger partial charge in [0.1, 0.15) is 11.4 Å². The molecular formula is C30H33N3O8. The minimum Gasteiger partial charge on any atom is -0.464 e. The highest BCUT2D eigenvalue weighted by Crippen LogP contribution is 2.34. The zero-order chi connectivity index (χ0) is 29.7. The molecule has 4 rings (SSSR count). The average molecular weight is 564 g/mol. The minimum atomic E-state index is -0.974. The van der Waals surface area contributed by atoms with E-state index < -0.39 is 52.8 Å². The second kappa shape index (κ2) is 12.3. The molecule has 1 saturated heterocycles. The molecule has 0 spiro atoms. The Morgan fingerprint density at radius 3 is 2.22 bits per heavy atom. The van der Waals surface area contributed by atoms with Gasteiger partial charge in [-0.25, -0.2) is 19.4 Å². The van der Waals surface area contributed by atoms with Crippen molar-refractivity contribution in [3.8, 4) is 5.75 Å². The molecule has 216 valence electrons. The third-order valence-electron chi connectivity index (χ3n) is 6.38. The van der Waals surface area contributed by atoms with Crippen molar-refractivity contribution in [3.63, 3.8) is 0 Å². The van der Waals surface area contributed by atoms with Crippen LogP contribution in [0.1, 0.15) is 65.5 Å². The third-order valence-corrected chi connectivity index (χ3v) is 6.38. The number of amides is 1. The first-order chi connectivity index (χ1) is 19.5. The Balaban J connectivity index is 1.71. The Labute approximate surface area is 237 Å². The van der Waals surface area contributed by atoms with Crippen LogP contribution in [0.3, 0.4) is 0 Å². The molecule has 1 amide bonds. The Hall–Kier alpha value is -4.51. The molecule has 3 aromatic rings. The predicted molar refractivity (Wildman–Crippen MR) is 148 cm³/mol. The molecule has 0 radical (unpaired) electrons. The SMILES string of the molecule is COC(=O)c1nc([C@@H]2C[C@@H](OCc3ccccc3)CN2C(=O)OC(C)(C)C)n(C)c(=O)c1OC(=O)c1ccccc1. The summed E-state index contributed by atoms with van der Waals surface area (Å²) in [7, 11) is 2.55. The number of hydrogen-bond donors (Lipinski definition) is 0. The first-order valence-corrected chi connectivity index (χ1v) is 13.1. The van der Waals surface area contributed by atoms with Gasteiger partial charge in [-0.2, -0.15) is 0 Å². The maximum atomic E-state index is 13.5. The van der Waals surface area contributed by atoms with E-state index in [-0.39, 0.29) is 24.4 Å². The van der Waals surface area contributed by atoms with Crippen LogP contribution in [0.15, 0.2) is 65.5 Å². The number of carbonyl (C=O) groups excluding carboxylic acids is 3. The Morgan fingerprint density at radius 1 is 0.976 bits per heavy atom. The summed E-state index contributed by atoms with van der Waals surface area (Å²) < 4.78 is 23.1. The molecule has 1 aliphatic heterocycles. The van der Waals surface area contributed by atoms with Crippen LogP contribution in [0.4, 0.5) is 4.79 Å². The second-order valence-electron chi connectivity index (χ2n) is 10.6. The van der Waals surface area contributed by atoms with E-state index in [4.69, 9.17) is 18.9 Å². The number of esters is 2. The van der Waals surface area contributed by atoms with E-state index in [1.54, 1.807) is 39.0 Å². The third kappa shape index (κ3) is 6.98. The monoisotopic (exact) mass is 563 g/mol. The maximum Gasteiger partial charge on any atom is 0.411 e. The van der Waals surface area contributed by atoms with Gasteiger partial charge in [0.25, 0.3) is 5.56 Å². The maximum absolute atomic E-state index is 13.5. The second-order valence-corrected chi connectivity index (χ2v) is 10.6. The fourth-order valence-corrected chi connectivity index (χ4v) is 4.42. The summed E-state index contributed by atoms with van der Waals surface area (Å²) in [5, 5.41) is 0. The van der Waals surface area contributed by atoms with Gasteiger partial charge in [-0.15, -0.1) is 0 Å². The molecule has 2 heterocycles. The number of aromatic nitrogens is 2. The van der Waals surface area contributed by atoms with E-state index in [0.717, 1.165) is 17.2 Å². The smallest absolute Gasteiger partial charge is 0.411 e. The van der Waals surface area contributed by atoms with Gasteiger partial charge in [0.2, 0.25) is 5.75 Å². The standard InChI is InChI=1S/C30H33N3O8/c1-30(2,3)41-29(37)33-17-21(39-18-19-12-8-6-9-13-19)16-22(33)25-31-23(28(36)38-5)24(26(34)32(25)4)40-27(35)20-14-10-7-11-15-20/h6-15,21-22H,16-18H2,1-5H3/t21-,22+/m1/s1. The minimum absolute atomic E-state index is 0.0894. The quantitative estimate of drug-likeness (QED) is 0.391. The molecule has 2 aromatic carbocycles. The van der Waals surface area contributed by atoms with E-state index in [2.05, 4.69) is 4.98 Å². The molecule has 41 heavy (non-hydrogen) atoms. The number of ether oxygens (including phenoxy) is 4. The number of benzene rings is 2. The molecule has 0 aliphatic carbocycles. The first-order valence-electron chi connectivity index (χ1n) is 13.1. The normalized spacial score (nSPS) is 16.8. The molecule has 0 saturated carbocycles. The summed E-state index contributed by atoms with van der Waals surface area (Å²) in [6.07, 6.45) is -0.764. The zero-order valence-corrected chi connectivity index (χ0v) is 23.7. The van der Waals surface area contributed by atoms with Crippen molar-refractivity contribution in [1.82, 2.24) is 14.5 Å². The highest BCUT2D eigenvalue weighted by Gasteiger charge is 2.42. The van der Waals surface area contributed by atoms with E-state index >= 15 is 0 Å². The summed E-state index contributed by atoms with van der Waals surface area (Å²) in [4.78, 5) is 58.2. The topological polar surface area (TPSA) is 126 Å². The number of nitrogens with zero attached hydrogens (tertiary/aromatic N) is 3. The number of methoxy groups -OCH3 is 1. The lowest BCUT2D eigenvalue weighted by Crippen LogP contribution is -2.39. The molecule has 2 atom stereocenters. The van der Waals surface area contributed by atoms with Gasteiger partial charge in [0.05, 0.1) is 38.0 Å². The van der Waals surface area contributed by atoms with Crippen molar-refractivity contribution in [2.45, 2.75) is 51.5 Å². The lowest BCUT2D eigenvalue weighted by atomic mass is 10.1. The van der Waals surface area contributed by atoms with Crippen LogP contribution < -0.4 is 10.3 Å². The van der Waals surface area contributed by atoms with Crippen LogP contribution in [-0.4, -0.2) is 57.8 Å². The fraction of sp³-hybridized carbons (Fsp3) is 0.367. The first kappa shape index (κ1) is 29.5. The van der Waals surface area contributed by atoms with Crippen molar-refractivity contribution in [2.75, 3.05) is 13.7 Å². The van der Waals surface area contributed by atoms with E-state index in [9.17, 15) is 19.2 Å². The molecule has 11 nitrogen and oxygen atoms in total. The summed E-state index contributed by atoms with van der Waals surface area (Å²) in [6, 6.07) is 16.8. The van der Waals surface area contributed by atoms with Gasteiger partial charge >= 0.3 is 18.0 Å². The van der Waals surface area contributed by atoms with Gasteiger partial charge in [-0.3, -0.25) is 14.3 Å². The Kier molecular flexibility index (Phi) is 8.87. The molecule has 0 bridgehead atoms. The lowest BCUT2D eigenvalue weighted by molar-refractivity contribution is 0.0143. The van der Waals surface area contributed by atoms with E-state index in [1.807, 2.05) is 30.3 Å². The summed E-state index contributed by atoms with van der Waals surface area (Å²) in [6.45, 7) is 5.73. The highest BCUT2D eigenvalue weighted by molar-refractivity contribution is 5.94. The number of likely N-dealkylation sites (tertiary alicyclic amines) is 1. The van der Waals surface area contributed by atoms with Crippen molar-refractivity contribution in [3.05, 3.63) is 93.7 Å². The summed E-state index contributed by atoms with van der Waals surface area (Å²) in [5.74, 6) is -2.30. The molecule has 0 unspecified atom stereocenters. The van der Waals surface area contributed by atoms with Crippen molar-refractivity contribution in [2.24, 2.45) is 7.05 Å². The molecule has 1 aliphatic rings. The van der Waals surface area contributed by atoms with Crippen LogP contribution in [0.5, 0.6) is 5.75 Å². The Bertz CT molecular complexity index is 1460. The predicted octanol–water partition coefficient (Wildman–Crippen LogP) is 4.05. The van der Waals surface area contributed by atoms with Crippen LogP contribution in [0.2, 0.25) is 0 Å². The summed E-state index contributed by atoms with van der Waals surface area (Å²) >= 11 is 0. The van der Waals surface area contributed by atoms with Crippen LogP contribution >= 0.6 is 0 Å². The van der Waals surface area contributed by atoms with Gasteiger partial charge < -0.3 is 18.9 Å². The molecule has 1 fully saturated rings. The largest absolute Gasteiger partial charge is 0.464 e. The number of hydrogen-bond acceptors (Lipinski definition) is 9. The molecule has 0 N–H and O–H groups in total. The molecular weight excluding hydrogens is 530 g/mol. The highest BCUT2D eigenvalue weighted by atomic mass is 16.6. The average Bonchev–Trinajstić information content (AvgIpc) is 3.38. The van der Waals surface area contributed by atoms with Crippen molar-refractivity contribution < 1.29 is 33.3 Å². The van der Waals surface area contributed by atoms with Gasteiger partial charge in [-0.05, 0) is 38.5 Å². The van der Waals surface area contributed by atoms with Crippen LogP contribution in [0.25, 0.3) is 0 Å². The lowest BCUT2D eigenvalue weighted by Gasteiger charge is -2.29. The summed E-state index contributed by atoms with van der Waals surface area (Å²) in [5.41, 5.74) is -0.913. The fourth-order valence-electron chi connectivity index (χ4n) is 4.42. The number of rotatable bonds is 7. The van der Waals surface area contributed by atoms with Gasteiger partial charge in [0, 0.05) is 13.5 Å². The Morgan fingerprint density at radius 2 is 1.61 bits per heavy atom. The van der Waals surface area contributed by atoms with E-state index in [0.29, 0.717) is 6.61 Å². The van der Waals surface area contributed by atoms with Crippen LogP contribution in [0, 0.1) is 0 Å². The number of carbonyl (C=O) groups is 3. The van der Waals surface area contributed by atoms with Gasteiger partial charge in [-0.1, -0.05) is 48.5 Å². The molecule has 11 heteroatoms.